The summed E-state index contributed by atoms with van der Waals surface area (Å²) in [5.74, 6) is 0.937. The van der Waals surface area contributed by atoms with Crippen LogP contribution in [-0.4, -0.2) is 25.6 Å². The fraction of sp³-hybridized carbons (Fsp3) is 0.588. The Labute approximate surface area is 128 Å². The maximum Gasteiger partial charge on any atom is 0.223 e. The third-order valence-electron chi connectivity index (χ3n) is 3.23. The van der Waals surface area contributed by atoms with Crippen molar-refractivity contribution in [3.05, 3.63) is 28.8 Å². The van der Waals surface area contributed by atoms with Crippen molar-refractivity contribution in [2.75, 3.05) is 19.7 Å². The zero-order valence-corrected chi connectivity index (χ0v) is 13.7. The smallest absolute Gasteiger partial charge is 0.223 e. The third-order valence-corrected chi connectivity index (χ3v) is 3.23. The van der Waals surface area contributed by atoms with E-state index in [2.05, 4.69) is 43.5 Å². The van der Waals surface area contributed by atoms with Crippen LogP contribution in [0.15, 0.2) is 12.1 Å². The molecule has 0 aliphatic rings. The van der Waals surface area contributed by atoms with Crippen molar-refractivity contribution in [3.63, 3.8) is 0 Å². The minimum atomic E-state index is 0.0354. The maximum absolute atomic E-state index is 11.4. The standard InChI is InChI=1S/C17H28N2O2/c1-5-8-18-12-15-10-13(3)17(14(4)11-15)21-9-7-16(20)19-6-2/h10-11,18H,5-9,12H2,1-4H3,(H,19,20). The van der Waals surface area contributed by atoms with E-state index < -0.39 is 0 Å². The molecule has 0 saturated carbocycles. The molecule has 0 saturated heterocycles. The van der Waals surface area contributed by atoms with E-state index in [0.717, 1.165) is 36.4 Å². The van der Waals surface area contributed by atoms with Crippen molar-refractivity contribution in [2.24, 2.45) is 0 Å². The van der Waals surface area contributed by atoms with Gasteiger partial charge in [-0.25, -0.2) is 0 Å². The van der Waals surface area contributed by atoms with Gasteiger partial charge in [0.25, 0.3) is 0 Å². The fourth-order valence-corrected chi connectivity index (χ4v) is 2.31. The quantitative estimate of drug-likeness (QED) is 0.688. The minimum Gasteiger partial charge on any atom is -0.493 e. The molecule has 2 N–H and O–H groups in total. The lowest BCUT2D eigenvalue weighted by Crippen LogP contribution is -2.24. The van der Waals surface area contributed by atoms with Crippen LogP contribution in [0, 0.1) is 13.8 Å². The highest BCUT2D eigenvalue weighted by Gasteiger charge is 2.08. The van der Waals surface area contributed by atoms with Gasteiger partial charge in [-0.1, -0.05) is 19.1 Å². The predicted octanol–water partition coefficient (Wildman–Crippen LogP) is 2.71. The SMILES string of the molecule is CCCNCc1cc(C)c(OCCC(=O)NCC)c(C)c1. The lowest BCUT2D eigenvalue weighted by Gasteiger charge is -2.14. The van der Waals surface area contributed by atoms with Crippen LogP contribution in [-0.2, 0) is 11.3 Å². The van der Waals surface area contributed by atoms with Crippen LogP contribution in [0.5, 0.6) is 5.75 Å². The number of hydrogen-bond donors (Lipinski definition) is 2. The molecule has 0 atom stereocenters. The second-order valence-electron chi connectivity index (χ2n) is 5.29. The first-order valence-corrected chi connectivity index (χ1v) is 7.78. The van der Waals surface area contributed by atoms with Gasteiger partial charge in [-0.15, -0.1) is 0 Å². The molecule has 1 aromatic rings. The van der Waals surface area contributed by atoms with Crippen LogP contribution in [0.4, 0.5) is 0 Å². The van der Waals surface area contributed by atoms with Crippen molar-refractivity contribution >= 4 is 5.91 Å². The summed E-state index contributed by atoms with van der Waals surface area (Å²) in [6, 6.07) is 4.30. The Balaban J connectivity index is 2.56. The summed E-state index contributed by atoms with van der Waals surface area (Å²) in [4.78, 5) is 11.4. The Bertz CT molecular complexity index is 435. The van der Waals surface area contributed by atoms with Crippen molar-refractivity contribution < 1.29 is 9.53 Å². The van der Waals surface area contributed by atoms with E-state index in [4.69, 9.17) is 4.74 Å². The molecular formula is C17H28N2O2. The molecule has 0 aromatic heterocycles. The first-order chi connectivity index (χ1) is 10.1. The number of hydrogen-bond acceptors (Lipinski definition) is 3. The zero-order chi connectivity index (χ0) is 15.7. The molecule has 1 rings (SSSR count). The average molecular weight is 292 g/mol. The molecule has 0 aliphatic carbocycles. The summed E-state index contributed by atoms with van der Waals surface area (Å²) in [6.45, 7) is 11.2. The van der Waals surface area contributed by atoms with E-state index in [1.807, 2.05) is 6.92 Å². The van der Waals surface area contributed by atoms with Gasteiger partial charge in [0.15, 0.2) is 0 Å². The summed E-state index contributed by atoms with van der Waals surface area (Å²) in [6.07, 6.45) is 1.53. The minimum absolute atomic E-state index is 0.0354. The summed E-state index contributed by atoms with van der Waals surface area (Å²) in [5.41, 5.74) is 3.52. The normalized spacial score (nSPS) is 10.5. The van der Waals surface area contributed by atoms with Crippen molar-refractivity contribution in [2.45, 2.75) is 47.1 Å². The molecule has 1 aromatic carbocycles. The van der Waals surface area contributed by atoms with E-state index in [0.29, 0.717) is 19.6 Å². The Morgan fingerprint density at radius 2 is 1.86 bits per heavy atom. The highest BCUT2D eigenvalue weighted by Crippen LogP contribution is 2.25. The number of aryl methyl sites for hydroxylation is 2. The number of rotatable bonds is 9. The Morgan fingerprint density at radius 3 is 2.43 bits per heavy atom. The summed E-state index contributed by atoms with van der Waals surface area (Å²) < 4.78 is 5.78. The first kappa shape index (κ1) is 17.5. The van der Waals surface area contributed by atoms with Gasteiger partial charge in [0.1, 0.15) is 5.75 Å². The number of carbonyl (C=O) groups excluding carboxylic acids is 1. The Kier molecular flexibility index (Phi) is 7.83. The second kappa shape index (κ2) is 9.40. The van der Waals surface area contributed by atoms with Crippen LogP contribution in [0.2, 0.25) is 0 Å². The number of nitrogens with one attached hydrogen (secondary N) is 2. The molecule has 21 heavy (non-hydrogen) atoms. The van der Waals surface area contributed by atoms with E-state index in [1.165, 1.54) is 5.56 Å². The van der Waals surface area contributed by atoms with E-state index >= 15 is 0 Å². The summed E-state index contributed by atoms with van der Waals surface area (Å²) >= 11 is 0. The largest absolute Gasteiger partial charge is 0.493 e. The Morgan fingerprint density at radius 1 is 1.19 bits per heavy atom. The van der Waals surface area contributed by atoms with E-state index in [-0.39, 0.29) is 5.91 Å². The van der Waals surface area contributed by atoms with Crippen molar-refractivity contribution in [3.8, 4) is 5.75 Å². The van der Waals surface area contributed by atoms with Crippen LogP contribution in [0.25, 0.3) is 0 Å². The van der Waals surface area contributed by atoms with Gasteiger partial charge >= 0.3 is 0 Å². The molecule has 0 spiro atoms. The van der Waals surface area contributed by atoms with Crippen molar-refractivity contribution in [1.29, 1.82) is 0 Å². The van der Waals surface area contributed by atoms with Gasteiger partial charge in [0.05, 0.1) is 13.0 Å². The lowest BCUT2D eigenvalue weighted by atomic mass is 10.1. The average Bonchev–Trinajstić information content (AvgIpc) is 2.42. The number of amides is 1. The highest BCUT2D eigenvalue weighted by molar-refractivity contribution is 5.75. The molecule has 0 bridgehead atoms. The van der Waals surface area contributed by atoms with Crippen LogP contribution in [0.1, 0.15) is 43.4 Å². The van der Waals surface area contributed by atoms with Crippen LogP contribution in [0.3, 0.4) is 0 Å². The van der Waals surface area contributed by atoms with Gasteiger partial charge in [0, 0.05) is 13.1 Å². The summed E-state index contributed by atoms with van der Waals surface area (Å²) in [7, 11) is 0. The predicted molar refractivity (Wildman–Crippen MR) is 86.7 cm³/mol. The molecule has 0 heterocycles. The molecular weight excluding hydrogens is 264 g/mol. The highest BCUT2D eigenvalue weighted by atomic mass is 16.5. The van der Waals surface area contributed by atoms with Gasteiger partial charge in [-0.2, -0.15) is 0 Å². The van der Waals surface area contributed by atoms with Gasteiger partial charge in [-0.05, 0) is 50.4 Å². The van der Waals surface area contributed by atoms with Crippen molar-refractivity contribution in [1.82, 2.24) is 10.6 Å². The van der Waals surface area contributed by atoms with Gasteiger partial charge in [-0.3, -0.25) is 4.79 Å². The second-order valence-corrected chi connectivity index (χ2v) is 5.29. The fourth-order valence-electron chi connectivity index (χ4n) is 2.31. The van der Waals surface area contributed by atoms with Crippen LogP contribution >= 0.6 is 0 Å². The molecule has 0 unspecified atom stereocenters. The number of carbonyl (C=O) groups is 1. The molecule has 4 nitrogen and oxygen atoms in total. The van der Waals surface area contributed by atoms with Crippen LogP contribution < -0.4 is 15.4 Å². The van der Waals surface area contributed by atoms with E-state index in [9.17, 15) is 4.79 Å². The zero-order valence-electron chi connectivity index (χ0n) is 13.7. The van der Waals surface area contributed by atoms with Gasteiger partial charge in [0.2, 0.25) is 5.91 Å². The monoisotopic (exact) mass is 292 g/mol. The molecule has 118 valence electrons. The third kappa shape index (κ3) is 6.17. The molecule has 4 heteroatoms. The van der Waals surface area contributed by atoms with E-state index in [1.54, 1.807) is 0 Å². The van der Waals surface area contributed by atoms with Gasteiger partial charge < -0.3 is 15.4 Å². The molecule has 1 amide bonds. The molecule has 0 radical (unpaired) electrons. The molecule has 0 aliphatic heterocycles. The maximum atomic E-state index is 11.4. The number of ether oxygens (including phenoxy) is 1. The molecule has 0 fully saturated rings. The lowest BCUT2D eigenvalue weighted by molar-refractivity contribution is -0.121. The Hall–Kier alpha value is -1.55. The number of benzene rings is 1. The topological polar surface area (TPSA) is 50.4 Å². The first-order valence-electron chi connectivity index (χ1n) is 7.78. The summed E-state index contributed by atoms with van der Waals surface area (Å²) in [5, 5.41) is 6.18.